The van der Waals surface area contributed by atoms with E-state index in [-0.39, 0.29) is 5.56 Å². The van der Waals surface area contributed by atoms with Gasteiger partial charge in [-0.25, -0.2) is 0 Å². The maximum absolute atomic E-state index is 12.0. The van der Waals surface area contributed by atoms with Crippen LogP contribution in [0.4, 0.5) is 13.2 Å². The van der Waals surface area contributed by atoms with Crippen LogP contribution in [0.3, 0.4) is 0 Å². The predicted molar refractivity (Wildman–Crippen MR) is 49.6 cm³/mol. The Morgan fingerprint density at radius 1 is 1.53 bits per heavy atom. The maximum Gasteiger partial charge on any atom is 0.454 e. The lowest BCUT2D eigenvalue weighted by Crippen LogP contribution is -2.22. The molecule has 1 aromatic rings. The van der Waals surface area contributed by atoms with Crippen molar-refractivity contribution in [2.24, 2.45) is 0 Å². The summed E-state index contributed by atoms with van der Waals surface area (Å²) >= 11 is 0. The lowest BCUT2D eigenvalue weighted by atomic mass is 10.2. The van der Waals surface area contributed by atoms with E-state index in [1.54, 1.807) is 12.2 Å². The van der Waals surface area contributed by atoms with Gasteiger partial charge >= 0.3 is 6.18 Å². The number of allylic oxidation sites excluding steroid dienone is 2. The van der Waals surface area contributed by atoms with Crippen LogP contribution in [0.25, 0.3) is 0 Å². The highest BCUT2D eigenvalue weighted by molar-refractivity contribution is 6.00. The molecule has 0 aliphatic heterocycles. The van der Waals surface area contributed by atoms with E-state index >= 15 is 0 Å². The molecule has 0 aromatic carbocycles. The number of aromatic nitrogens is 1. The minimum Gasteiger partial charge on any atom is -0.350 e. The fraction of sp³-hybridized carbons (Fsp3) is 0.300. The smallest absolute Gasteiger partial charge is 0.350 e. The second-order valence-electron chi connectivity index (χ2n) is 2.99. The van der Waals surface area contributed by atoms with Crippen molar-refractivity contribution in [3.05, 3.63) is 36.2 Å². The molecule has 1 rings (SSSR count). The van der Waals surface area contributed by atoms with Gasteiger partial charge < -0.3 is 4.57 Å². The predicted octanol–water partition coefficient (Wildman–Crippen LogP) is 2.81. The molecule has 2 nitrogen and oxygen atoms in total. The van der Waals surface area contributed by atoms with Crippen LogP contribution in [0, 0.1) is 0 Å². The molecule has 0 unspecified atom stereocenters. The molecule has 0 aliphatic carbocycles. The highest BCUT2D eigenvalue weighted by Crippen LogP contribution is 2.21. The van der Waals surface area contributed by atoms with Gasteiger partial charge in [0.05, 0.1) is 0 Å². The van der Waals surface area contributed by atoms with Gasteiger partial charge in [0.15, 0.2) is 0 Å². The van der Waals surface area contributed by atoms with Crippen molar-refractivity contribution in [3.63, 3.8) is 0 Å². The van der Waals surface area contributed by atoms with Crippen molar-refractivity contribution in [2.75, 3.05) is 0 Å². The number of ketones is 1. The first-order valence-corrected chi connectivity index (χ1v) is 4.33. The van der Waals surface area contributed by atoms with E-state index in [1.807, 2.05) is 6.92 Å². The van der Waals surface area contributed by atoms with Gasteiger partial charge in [-0.1, -0.05) is 12.2 Å². The number of hydrogen-bond donors (Lipinski definition) is 0. The van der Waals surface area contributed by atoms with Crippen LogP contribution in [0.2, 0.25) is 0 Å². The lowest BCUT2D eigenvalue weighted by Gasteiger charge is -2.01. The number of halogens is 3. The van der Waals surface area contributed by atoms with Gasteiger partial charge in [-0.15, -0.1) is 0 Å². The number of carbonyl (C=O) groups excluding carboxylic acids is 1. The highest BCUT2D eigenvalue weighted by atomic mass is 19.4. The number of rotatable bonds is 3. The van der Waals surface area contributed by atoms with Crippen molar-refractivity contribution in [3.8, 4) is 0 Å². The zero-order chi connectivity index (χ0) is 11.5. The van der Waals surface area contributed by atoms with Crippen LogP contribution < -0.4 is 0 Å². The molecule has 0 amide bonds. The summed E-state index contributed by atoms with van der Waals surface area (Å²) < 4.78 is 37.6. The van der Waals surface area contributed by atoms with E-state index < -0.39 is 12.0 Å². The summed E-state index contributed by atoms with van der Waals surface area (Å²) in [5.74, 6) is -1.80. The quantitative estimate of drug-likeness (QED) is 0.563. The summed E-state index contributed by atoms with van der Waals surface area (Å²) in [6.07, 6.45) is 1.40. The molecule has 0 saturated heterocycles. The third-order valence-corrected chi connectivity index (χ3v) is 1.82. The molecule has 0 N–H and O–H groups in total. The van der Waals surface area contributed by atoms with Gasteiger partial charge in [-0.05, 0) is 13.0 Å². The fourth-order valence-electron chi connectivity index (χ4n) is 1.08. The molecule has 0 radical (unpaired) electrons. The molecule has 0 spiro atoms. The normalized spacial score (nSPS) is 12.3. The number of hydrogen-bond acceptors (Lipinski definition) is 1. The van der Waals surface area contributed by atoms with E-state index in [0.717, 1.165) is 0 Å². The third kappa shape index (κ3) is 2.97. The van der Waals surface area contributed by atoms with Crippen LogP contribution >= 0.6 is 0 Å². The van der Waals surface area contributed by atoms with E-state index in [9.17, 15) is 18.0 Å². The summed E-state index contributed by atoms with van der Waals surface area (Å²) in [7, 11) is 0. The Balaban J connectivity index is 2.80. The molecule has 1 heterocycles. The molecule has 0 atom stereocenters. The Kier molecular flexibility index (Phi) is 3.34. The molecule has 1 aromatic heterocycles. The van der Waals surface area contributed by atoms with Gasteiger partial charge in [-0.2, -0.15) is 13.2 Å². The van der Waals surface area contributed by atoms with Crippen LogP contribution in [-0.2, 0) is 6.54 Å². The molecule has 5 heteroatoms. The fourth-order valence-corrected chi connectivity index (χ4v) is 1.08. The van der Waals surface area contributed by atoms with Gasteiger partial charge in [0.2, 0.25) is 0 Å². The number of Topliss-reactive ketones (excluding diaryl/α,β-unsaturated/α-hetero) is 1. The first kappa shape index (κ1) is 11.6. The Morgan fingerprint density at radius 3 is 2.73 bits per heavy atom. The second-order valence-corrected chi connectivity index (χ2v) is 2.99. The molecule has 0 fully saturated rings. The standard InChI is InChI=1S/C10H10F3NO/c1-2-3-5-14-6-4-8(7-14)9(15)10(11,12)13/h2-4,6-7H,5H2,1H3/b3-2+. The zero-order valence-corrected chi connectivity index (χ0v) is 8.08. The van der Waals surface area contributed by atoms with E-state index in [0.29, 0.717) is 6.54 Å². The summed E-state index contributed by atoms with van der Waals surface area (Å²) in [5.41, 5.74) is -0.327. The Morgan fingerprint density at radius 2 is 2.20 bits per heavy atom. The Labute approximate surface area is 85.0 Å². The molecule has 15 heavy (non-hydrogen) atoms. The largest absolute Gasteiger partial charge is 0.454 e. The molecule has 0 aliphatic rings. The van der Waals surface area contributed by atoms with Crippen molar-refractivity contribution >= 4 is 5.78 Å². The minimum absolute atomic E-state index is 0.327. The highest BCUT2D eigenvalue weighted by Gasteiger charge is 2.39. The molecule has 0 saturated carbocycles. The van der Waals surface area contributed by atoms with Gasteiger partial charge in [0.25, 0.3) is 5.78 Å². The second kappa shape index (κ2) is 4.33. The summed E-state index contributed by atoms with van der Waals surface area (Å²) in [5, 5.41) is 0. The van der Waals surface area contributed by atoms with Crippen molar-refractivity contribution in [1.82, 2.24) is 4.57 Å². The number of alkyl halides is 3. The van der Waals surface area contributed by atoms with E-state index in [4.69, 9.17) is 0 Å². The molecular formula is C10H10F3NO. The third-order valence-electron chi connectivity index (χ3n) is 1.82. The average molecular weight is 217 g/mol. The Bertz CT molecular complexity index is 376. The Hall–Kier alpha value is -1.52. The van der Waals surface area contributed by atoms with Gasteiger partial charge in [-0.3, -0.25) is 4.79 Å². The first-order valence-electron chi connectivity index (χ1n) is 4.33. The summed E-state index contributed by atoms with van der Waals surface area (Å²) in [4.78, 5) is 10.8. The van der Waals surface area contributed by atoms with E-state index in [1.165, 1.54) is 23.0 Å². The number of nitrogens with zero attached hydrogens (tertiary/aromatic N) is 1. The molecule has 82 valence electrons. The maximum atomic E-state index is 12.0. The van der Waals surface area contributed by atoms with Gasteiger partial charge in [0, 0.05) is 24.5 Å². The van der Waals surface area contributed by atoms with Crippen LogP contribution in [-0.4, -0.2) is 16.5 Å². The van der Waals surface area contributed by atoms with Crippen molar-refractivity contribution in [1.29, 1.82) is 0 Å². The van der Waals surface area contributed by atoms with Crippen molar-refractivity contribution in [2.45, 2.75) is 19.6 Å². The SMILES string of the molecule is C/C=C/Cn1ccc(C(=O)C(F)(F)F)c1. The zero-order valence-electron chi connectivity index (χ0n) is 8.08. The monoisotopic (exact) mass is 217 g/mol. The van der Waals surface area contributed by atoms with Crippen LogP contribution in [0.1, 0.15) is 17.3 Å². The first-order chi connectivity index (χ1) is 6.95. The minimum atomic E-state index is -4.80. The topological polar surface area (TPSA) is 22.0 Å². The lowest BCUT2D eigenvalue weighted by molar-refractivity contribution is -0.0885. The van der Waals surface area contributed by atoms with Crippen LogP contribution in [0.15, 0.2) is 30.6 Å². The van der Waals surface area contributed by atoms with Crippen molar-refractivity contribution < 1.29 is 18.0 Å². The molecular weight excluding hydrogens is 207 g/mol. The van der Waals surface area contributed by atoms with Crippen LogP contribution in [0.5, 0.6) is 0 Å². The molecule has 0 bridgehead atoms. The number of carbonyl (C=O) groups is 1. The van der Waals surface area contributed by atoms with Gasteiger partial charge in [0.1, 0.15) is 0 Å². The van der Waals surface area contributed by atoms with E-state index in [2.05, 4.69) is 0 Å². The summed E-state index contributed by atoms with van der Waals surface area (Å²) in [6, 6.07) is 1.17. The summed E-state index contributed by atoms with van der Waals surface area (Å²) in [6.45, 7) is 2.27. The average Bonchev–Trinajstić information content (AvgIpc) is 2.60.